The summed E-state index contributed by atoms with van der Waals surface area (Å²) in [6.07, 6.45) is 4.24. The van der Waals surface area contributed by atoms with Crippen LogP contribution in [0.4, 0.5) is 8.78 Å². The molecular formula is C23H25F2N3O2. The van der Waals surface area contributed by atoms with E-state index in [1.807, 2.05) is 24.0 Å². The van der Waals surface area contributed by atoms with Crippen LogP contribution in [0, 0.1) is 24.5 Å². The highest BCUT2D eigenvalue weighted by molar-refractivity contribution is 5.82. The zero-order valence-electron chi connectivity index (χ0n) is 17.0. The van der Waals surface area contributed by atoms with Crippen LogP contribution in [0.25, 0.3) is 0 Å². The fourth-order valence-corrected chi connectivity index (χ4v) is 4.85. The normalized spacial score (nSPS) is 25.4. The maximum Gasteiger partial charge on any atom is 0.230 e. The summed E-state index contributed by atoms with van der Waals surface area (Å²) >= 11 is 0. The molecule has 1 amide bonds. The first-order valence-electron chi connectivity index (χ1n) is 10.5. The molecule has 1 saturated carbocycles. The van der Waals surface area contributed by atoms with Gasteiger partial charge in [0, 0.05) is 18.8 Å². The van der Waals surface area contributed by atoms with E-state index in [1.54, 1.807) is 6.20 Å². The van der Waals surface area contributed by atoms with Crippen molar-refractivity contribution in [3.05, 3.63) is 64.5 Å². The van der Waals surface area contributed by atoms with Gasteiger partial charge in [-0.05, 0) is 67.6 Å². The van der Waals surface area contributed by atoms with Crippen LogP contribution in [0.3, 0.4) is 0 Å². The fraction of sp³-hybridized carbons (Fsp3) is 0.478. The molecule has 158 valence electrons. The monoisotopic (exact) mass is 413 g/mol. The molecule has 2 atom stereocenters. The fourth-order valence-electron chi connectivity index (χ4n) is 4.85. The maximum absolute atomic E-state index is 14.1. The molecule has 0 bridgehead atoms. The minimum Gasteiger partial charge on any atom is -0.365 e. The number of nitrogens with one attached hydrogen (secondary N) is 1. The topological polar surface area (TPSA) is 54.5 Å². The Morgan fingerprint density at radius 2 is 2.13 bits per heavy atom. The number of piperidine rings is 1. The number of benzene rings is 1. The van der Waals surface area contributed by atoms with E-state index in [1.165, 1.54) is 12.1 Å². The Kier molecular flexibility index (Phi) is 4.82. The molecule has 1 aliphatic carbocycles. The molecule has 5 nitrogen and oxygen atoms in total. The number of aromatic nitrogens is 1. The number of aryl methyl sites for hydroxylation is 1. The lowest BCUT2D eigenvalue weighted by Gasteiger charge is -2.42. The number of hydrogen-bond acceptors (Lipinski definition) is 4. The minimum absolute atomic E-state index is 0.00710. The third kappa shape index (κ3) is 3.20. The Morgan fingerprint density at radius 3 is 2.90 bits per heavy atom. The van der Waals surface area contributed by atoms with Gasteiger partial charge in [0.05, 0.1) is 24.8 Å². The van der Waals surface area contributed by atoms with Gasteiger partial charge in [-0.3, -0.25) is 9.78 Å². The van der Waals surface area contributed by atoms with E-state index in [-0.39, 0.29) is 18.6 Å². The lowest BCUT2D eigenvalue weighted by molar-refractivity contribution is -0.157. The zero-order chi connectivity index (χ0) is 20.9. The van der Waals surface area contributed by atoms with Crippen molar-refractivity contribution in [2.75, 3.05) is 13.1 Å². The molecule has 1 N–H and O–H groups in total. The number of amides is 1. The standard InChI is InChI=1S/C23H25F2N3O2/c1-14-3-2-7-27-21(14)12-28(16-4-5-16)22(29)18-11-26-8-6-23(18)17-10-20(25)19(24)9-15(17)13-30-23/h2-3,7,9-10,16,18,26H,4-6,8,11-13H2,1H3/t18?,23-/m0/s1. The van der Waals surface area contributed by atoms with Gasteiger partial charge in [0.25, 0.3) is 0 Å². The average Bonchev–Trinajstić information content (AvgIpc) is 3.53. The van der Waals surface area contributed by atoms with Crippen molar-refractivity contribution in [3.63, 3.8) is 0 Å². The van der Waals surface area contributed by atoms with Crippen LogP contribution >= 0.6 is 0 Å². The van der Waals surface area contributed by atoms with Gasteiger partial charge in [-0.15, -0.1) is 0 Å². The summed E-state index contributed by atoms with van der Waals surface area (Å²) in [6, 6.07) is 6.52. The van der Waals surface area contributed by atoms with E-state index in [0.717, 1.165) is 24.1 Å². The quantitative estimate of drug-likeness (QED) is 0.837. The van der Waals surface area contributed by atoms with E-state index in [4.69, 9.17) is 4.74 Å². The number of ether oxygens (including phenoxy) is 1. The second kappa shape index (κ2) is 7.39. The smallest absolute Gasteiger partial charge is 0.230 e. The van der Waals surface area contributed by atoms with Crippen LogP contribution in [0.1, 0.15) is 41.6 Å². The average molecular weight is 413 g/mol. The highest BCUT2D eigenvalue weighted by Crippen LogP contribution is 2.48. The van der Waals surface area contributed by atoms with Crippen LogP contribution < -0.4 is 5.32 Å². The first-order chi connectivity index (χ1) is 14.5. The number of carbonyl (C=O) groups excluding carboxylic acids is 1. The predicted molar refractivity (Wildman–Crippen MR) is 106 cm³/mol. The van der Waals surface area contributed by atoms with Gasteiger partial charge in [-0.25, -0.2) is 8.78 Å². The highest BCUT2D eigenvalue weighted by Gasteiger charge is 2.53. The molecule has 2 fully saturated rings. The van der Waals surface area contributed by atoms with E-state index < -0.39 is 23.2 Å². The molecule has 3 heterocycles. The summed E-state index contributed by atoms with van der Waals surface area (Å²) in [4.78, 5) is 20.2. The summed E-state index contributed by atoms with van der Waals surface area (Å²) in [5.41, 5.74) is 2.26. The van der Waals surface area contributed by atoms with Crippen molar-refractivity contribution in [1.29, 1.82) is 0 Å². The van der Waals surface area contributed by atoms with Crippen molar-refractivity contribution >= 4 is 5.91 Å². The molecule has 1 aromatic carbocycles. The molecule has 1 spiro atoms. The van der Waals surface area contributed by atoms with E-state index in [0.29, 0.717) is 37.2 Å². The molecule has 1 saturated heterocycles. The summed E-state index contributed by atoms with van der Waals surface area (Å²) in [5, 5.41) is 3.30. The third-order valence-corrected chi connectivity index (χ3v) is 6.68. The summed E-state index contributed by atoms with van der Waals surface area (Å²) in [5.74, 6) is -2.28. The largest absolute Gasteiger partial charge is 0.365 e. The molecule has 5 rings (SSSR count). The van der Waals surface area contributed by atoms with Crippen molar-refractivity contribution in [1.82, 2.24) is 15.2 Å². The molecule has 1 aromatic heterocycles. The second-order valence-electron chi connectivity index (χ2n) is 8.57. The summed E-state index contributed by atoms with van der Waals surface area (Å²) in [7, 11) is 0. The molecule has 2 aliphatic heterocycles. The number of nitrogens with zero attached hydrogens (tertiary/aromatic N) is 2. The number of halogens is 2. The molecular weight excluding hydrogens is 388 g/mol. The van der Waals surface area contributed by atoms with Gasteiger partial charge in [-0.1, -0.05) is 6.07 Å². The molecule has 1 unspecified atom stereocenters. The van der Waals surface area contributed by atoms with Gasteiger partial charge < -0.3 is 15.0 Å². The number of pyridine rings is 1. The van der Waals surface area contributed by atoms with Crippen LogP contribution in [0.2, 0.25) is 0 Å². The predicted octanol–water partition coefficient (Wildman–Crippen LogP) is 3.19. The zero-order valence-corrected chi connectivity index (χ0v) is 17.0. The first kappa shape index (κ1) is 19.6. The molecule has 30 heavy (non-hydrogen) atoms. The molecule has 0 radical (unpaired) electrons. The van der Waals surface area contributed by atoms with Gasteiger partial charge in [0.2, 0.25) is 5.91 Å². The Bertz CT molecular complexity index is 994. The van der Waals surface area contributed by atoms with E-state index in [9.17, 15) is 13.6 Å². The Hall–Kier alpha value is -2.38. The van der Waals surface area contributed by atoms with Gasteiger partial charge >= 0.3 is 0 Å². The van der Waals surface area contributed by atoms with Crippen molar-refractivity contribution in [2.24, 2.45) is 5.92 Å². The highest BCUT2D eigenvalue weighted by atomic mass is 19.2. The van der Waals surface area contributed by atoms with Crippen molar-refractivity contribution < 1.29 is 18.3 Å². The van der Waals surface area contributed by atoms with Crippen LogP contribution in [-0.2, 0) is 28.3 Å². The first-order valence-corrected chi connectivity index (χ1v) is 10.5. The van der Waals surface area contributed by atoms with Crippen molar-refractivity contribution in [3.8, 4) is 0 Å². The second-order valence-corrected chi connectivity index (χ2v) is 8.57. The van der Waals surface area contributed by atoms with Crippen LogP contribution in [0.5, 0.6) is 0 Å². The SMILES string of the molecule is Cc1cccnc1CN(C(=O)C1CNCC[C@@]12OCc1cc(F)c(F)cc12)C1CC1. The number of fused-ring (bicyclic) bond motifs is 2. The van der Waals surface area contributed by atoms with E-state index >= 15 is 0 Å². The minimum atomic E-state index is -0.918. The lowest BCUT2D eigenvalue weighted by Crippen LogP contribution is -2.55. The number of hydrogen-bond donors (Lipinski definition) is 1. The lowest BCUT2D eigenvalue weighted by atomic mass is 9.75. The molecule has 2 aromatic rings. The maximum atomic E-state index is 14.1. The van der Waals surface area contributed by atoms with Gasteiger partial charge in [0.1, 0.15) is 5.60 Å². The van der Waals surface area contributed by atoms with Crippen LogP contribution in [0.15, 0.2) is 30.5 Å². The molecule has 7 heteroatoms. The Labute approximate surface area is 174 Å². The van der Waals surface area contributed by atoms with Gasteiger partial charge in [-0.2, -0.15) is 0 Å². The Balaban J connectivity index is 1.50. The van der Waals surface area contributed by atoms with Crippen LogP contribution in [-0.4, -0.2) is 34.9 Å². The number of rotatable bonds is 4. The summed E-state index contributed by atoms with van der Waals surface area (Å²) in [6.45, 7) is 3.74. The van der Waals surface area contributed by atoms with Gasteiger partial charge in [0.15, 0.2) is 11.6 Å². The van der Waals surface area contributed by atoms with E-state index in [2.05, 4.69) is 10.3 Å². The molecule has 3 aliphatic rings. The summed E-state index contributed by atoms with van der Waals surface area (Å²) < 4.78 is 34.1. The Morgan fingerprint density at radius 1 is 1.33 bits per heavy atom. The number of carbonyl (C=O) groups is 1. The van der Waals surface area contributed by atoms with Crippen molar-refractivity contribution in [2.45, 2.75) is 51.0 Å². The third-order valence-electron chi connectivity index (χ3n) is 6.68.